The van der Waals surface area contributed by atoms with Gasteiger partial charge in [-0.25, -0.2) is 4.98 Å². The molecule has 1 aromatic rings. The topological polar surface area (TPSA) is 38.9 Å². The van der Waals surface area contributed by atoms with Gasteiger partial charge in [-0.15, -0.1) is 11.3 Å². The Bertz CT molecular complexity index is 232. The second-order valence-corrected chi connectivity index (χ2v) is 3.90. The smallest absolute Gasteiger partial charge is 0.0956 e. The van der Waals surface area contributed by atoms with Crippen LogP contribution in [0.15, 0.2) is 5.38 Å². The van der Waals surface area contributed by atoms with Gasteiger partial charge in [0.1, 0.15) is 0 Å². The third-order valence-electron chi connectivity index (χ3n) is 1.95. The Morgan fingerprint density at radius 3 is 2.92 bits per heavy atom. The van der Waals surface area contributed by atoms with E-state index >= 15 is 0 Å². The minimum Gasteiger partial charge on any atom is -0.330 e. The van der Waals surface area contributed by atoms with Crippen molar-refractivity contribution in [2.45, 2.75) is 32.6 Å². The summed E-state index contributed by atoms with van der Waals surface area (Å²) in [6, 6.07) is 0. The summed E-state index contributed by atoms with van der Waals surface area (Å²) in [5, 5.41) is 3.37. The van der Waals surface area contributed by atoms with Crippen molar-refractivity contribution in [2.75, 3.05) is 6.54 Å². The first kappa shape index (κ1) is 9.68. The Morgan fingerprint density at radius 2 is 2.42 bits per heavy atom. The first-order valence-corrected chi connectivity index (χ1v) is 5.30. The van der Waals surface area contributed by atoms with Gasteiger partial charge >= 0.3 is 0 Å². The molecule has 0 aromatic carbocycles. The Kier molecular flexibility index (Phi) is 3.69. The van der Waals surface area contributed by atoms with Gasteiger partial charge in [0.15, 0.2) is 0 Å². The predicted octanol–water partition coefficient (Wildman–Crippen LogP) is 2.16. The van der Waals surface area contributed by atoms with Crippen molar-refractivity contribution in [3.8, 4) is 0 Å². The molecule has 68 valence electrons. The van der Waals surface area contributed by atoms with Gasteiger partial charge in [0.25, 0.3) is 0 Å². The highest BCUT2D eigenvalue weighted by atomic mass is 32.1. The van der Waals surface area contributed by atoms with Gasteiger partial charge in [0.05, 0.1) is 10.7 Å². The maximum Gasteiger partial charge on any atom is 0.0956 e. The third kappa shape index (κ3) is 2.29. The zero-order chi connectivity index (χ0) is 8.97. The predicted molar refractivity (Wildman–Crippen MR) is 53.6 cm³/mol. The minimum atomic E-state index is 0.528. The van der Waals surface area contributed by atoms with Crippen LogP contribution in [0.4, 0.5) is 0 Å². The fourth-order valence-corrected chi connectivity index (χ4v) is 2.08. The lowest BCUT2D eigenvalue weighted by atomic mass is 10.1. The first-order valence-electron chi connectivity index (χ1n) is 4.42. The number of rotatable bonds is 4. The Labute approximate surface area is 77.8 Å². The van der Waals surface area contributed by atoms with E-state index in [4.69, 9.17) is 5.73 Å². The highest BCUT2D eigenvalue weighted by Gasteiger charge is 2.08. The van der Waals surface area contributed by atoms with Crippen LogP contribution in [-0.2, 0) is 6.42 Å². The molecule has 0 aliphatic heterocycles. The van der Waals surface area contributed by atoms with Gasteiger partial charge in [-0.05, 0) is 19.4 Å². The summed E-state index contributed by atoms with van der Waals surface area (Å²) in [7, 11) is 0. The zero-order valence-corrected chi connectivity index (χ0v) is 8.53. The number of hydrogen-bond donors (Lipinski definition) is 1. The summed E-state index contributed by atoms with van der Waals surface area (Å²) in [5.41, 5.74) is 6.69. The summed E-state index contributed by atoms with van der Waals surface area (Å²) in [6.45, 7) is 5.07. The number of thiazole rings is 1. The van der Waals surface area contributed by atoms with Crippen LogP contribution in [-0.4, -0.2) is 11.5 Å². The van der Waals surface area contributed by atoms with Gasteiger partial charge < -0.3 is 5.73 Å². The molecule has 0 saturated heterocycles. The average Bonchev–Trinajstić information content (AvgIpc) is 2.52. The SMILES string of the molecule is CCc1csc(C(C)CCN)n1. The lowest BCUT2D eigenvalue weighted by molar-refractivity contribution is 0.682. The molecule has 0 radical (unpaired) electrons. The second-order valence-electron chi connectivity index (χ2n) is 3.01. The molecule has 12 heavy (non-hydrogen) atoms. The summed E-state index contributed by atoms with van der Waals surface area (Å²) >= 11 is 1.76. The van der Waals surface area contributed by atoms with E-state index in [9.17, 15) is 0 Å². The number of hydrogen-bond acceptors (Lipinski definition) is 3. The van der Waals surface area contributed by atoms with Gasteiger partial charge in [0, 0.05) is 11.3 Å². The van der Waals surface area contributed by atoms with Crippen LogP contribution in [0, 0.1) is 0 Å². The van der Waals surface area contributed by atoms with Crippen LogP contribution in [0.5, 0.6) is 0 Å². The third-order valence-corrected chi connectivity index (χ3v) is 3.08. The molecule has 0 fully saturated rings. The first-order chi connectivity index (χ1) is 5.77. The van der Waals surface area contributed by atoms with Crippen LogP contribution < -0.4 is 5.73 Å². The van der Waals surface area contributed by atoms with E-state index in [1.54, 1.807) is 11.3 Å². The number of aryl methyl sites for hydroxylation is 1. The van der Waals surface area contributed by atoms with E-state index in [1.807, 2.05) is 0 Å². The highest BCUT2D eigenvalue weighted by Crippen LogP contribution is 2.22. The van der Waals surface area contributed by atoms with E-state index in [2.05, 4.69) is 24.2 Å². The van der Waals surface area contributed by atoms with Crippen molar-refractivity contribution in [1.82, 2.24) is 4.98 Å². The summed E-state index contributed by atoms with van der Waals surface area (Å²) in [4.78, 5) is 4.51. The van der Waals surface area contributed by atoms with Gasteiger partial charge in [-0.1, -0.05) is 13.8 Å². The fraction of sp³-hybridized carbons (Fsp3) is 0.667. The summed E-state index contributed by atoms with van der Waals surface area (Å²) in [6.07, 6.45) is 2.07. The largest absolute Gasteiger partial charge is 0.330 e. The Balaban J connectivity index is 2.61. The van der Waals surface area contributed by atoms with Crippen LogP contribution >= 0.6 is 11.3 Å². The Morgan fingerprint density at radius 1 is 1.67 bits per heavy atom. The molecule has 2 nitrogen and oxygen atoms in total. The molecule has 0 aliphatic rings. The molecule has 0 aliphatic carbocycles. The van der Waals surface area contributed by atoms with Gasteiger partial charge in [-0.3, -0.25) is 0 Å². The van der Waals surface area contributed by atoms with Crippen molar-refractivity contribution in [1.29, 1.82) is 0 Å². The van der Waals surface area contributed by atoms with Crippen molar-refractivity contribution in [2.24, 2.45) is 5.73 Å². The molecular formula is C9H16N2S. The van der Waals surface area contributed by atoms with E-state index in [0.717, 1.165) is 19.4 Å². The molecule has 0 bridgehead atoms. The molecule has 2 N–H and O–H groups in total. The standard InChI is InChI=1S/C9H16N2S/c1-3-8-6-12-9(11-8)7(2)4-5-10/h6-7H,3-5,10H2,1-2H3. The molecule has 1 rings (SSSR count). The molecule has 3 heteroatoms. The zero-order valence-electron chi connectivity index (χ0n) is 7.71. The molecule has 1 heterocycles. The quantitative estimate of drug-likeness (QED) is 0.778. The van der Waals surface area contributed by atoms with Crippen molar-refractivity contribution in [3.63, 3.8) is 0 Å². The minimum absolute atomic E-state index is 0.528. The van der Waals surface area contributed by atoms with Gasteiger partial charge in [-0.2, -0.15) is 0 Å². The number of nitrogens with two attached hydrogens (primary N) is 1. The van der Waals surface area contributed by atoms with Gasteiger partial charge in [0.2, 0.25) is 0 Å². The van der Waals surface area contributed by atoms with Crippen molar-refractivity contribution >= 4 is 11.3 Å². The molecule has 0 spiro atoms. The molecule has 0 saturated carbocycles. The van der Waals surface area contributed by atoms with E-state index < -0.39 is 0 Å². The van der Waals surface area contributed by atoms with Crippen molar-refractivity contribution < 1.29 is 0 Å². The highest BCUT2D eigenvalue weighted by molar-refractivity contribution is 7.09. The molecular weight excluding hydrogens is 168 g/mol. The number of aromatic nitrogens is 1. The lowest BCUT2D eigenvalue weighted by Gasteiger charge is -2.04. The normalized spacial score (nSPS) is 13.2. The van der Waals surface area contributed by atoms with E-state index in [1.165, 1.54) is 10.7 Å². The van der Waals surface area contributed by atoms with Crippen LogP contribution in [0.1, 0.15) is 36.9 Å². The average molecular weight is 184 g/mol. The Hall–Kier alpha value is -0.410. The molecule has 1 atom stereocenters. The monoisotopic (exact) mass is 184 g/mol. The molecule has 0 amide bonds. The maximum atomic E-state index is 5.48. The number of nitrogens with zero attached hydrogens (tertiary/aromatic N) is 1. The van der Waals surface area contributed by atoms with Crippen LogP contribution in [0.3, 0.4) is 0 Å². The summed E-state index contributed by atoms with van der Waals surface area (Å²) in [5.74, 6) is 0.528. The van der Waals surface area contributed by atoms with Crippen molar-refractivity contribution in [3.05, 3.63) is 16.1 Å². The van der Waals surface area contributed by atoms with Crippen LogP contribution in [0.2, 0.25) is 0 Å². The van der Waals surface area contributed by atoms with E-state index in [-0.39, 0.29) is 0 Å². The maximum absolute atomic E-state index is 5.48. The second kappa shape index (κ2) is 4.58. The molecule has 1 aromatic heterocycles. The fourth-order valence-electron chi connectivity index (χ4n) is 1.08. The van der Waals surface area contributed by atoms with E-state index in [0.29, 0.717) is 5.92 Å². The summed E-state index contributed by atoms with van der Waals surface area (Å²) < 4.78 is 0. The lowest BCUT2D eigenvalue weighted by Crippen LogP contribution is -2.04. The van der Waals surface area contributed by atoms with Crippen LogP contribution in [0.25, 0.3) is 0 Å². The molecule has 1 unspecified atom stereocenters.